The van der Waals surface area contributed by atoms with Gasteiger partial charge >= 0.3 is 6.55 Å². The third-order valence-corrected chi connectivity index (χ3v) is 1.88. The smallest absolute Gasteiger partial charge is 0.251 e. The highest BCUT2D eigenvalue weighted by Crippen LogP contribution is 2.20. The lowest BCUT2D eigenvalue weighted by Gasteiger charge is -1.97. The summed E-state index contributed by atoms with van der Waals surface area (Å²) < 4.78 is 25.0. The van der Waals surface area contributed by atoms with Gasteiger partial charge in [-0.05, 0) is 0 Å². The van der Waals surface area contributed by atoms with E-state index < -0.39 is 6.55 Å². The van der Waals surface area contributed by atoms with Gasteiger partial charge in [-0.3, -0.25) is 4.98 Å². The lowest BCUT2D eigenvalue weighted by molar-refractivity contribution is 0.0566. The Kier molecular flexibility index (Phi) is 2.55. The lowest BCUT2D eigenvalue weighted by Crippen LogP contribution is -1.97. The predicted molar refractivity (Wildman–Crippen MR) is 49.2 cm³/mol. The van der Waals surface area contributed by atoms with E-state index in [-0.39, 0.29) is 11.4 Å². The third-order valence-electron chi connectivity index (χ3n) is 1.88. The molecule has 0 aliphatic rings. The first-order chi connectivity index (χ1) is 7.72. The van der Waals surface area contributed by atoms with Gasteiger partial charge < -0.3 is 0 Å². The van der Waals surface area contributed by atoms with E-state index in [0.717, 1.165) is 6.20 Å². The molecule has 0 aliphatic carbocycles. The highest BCUT2D eigenvalue weighted by Gasteiger charge is 2.12. The highest BCUT2D eigenvalue weighted by atomic mass is 19.3. The second-order valence-corrected chi connectivity index (χ2v) is 2.85. The lowest BCUT2D eigenvalue weighted by atomic mass is 10.2. The van der Waals surface area contributed by atoms with Gasteiger partial charge in [0.25, 0.3) is 0 Å². The third kappa shape index (κ3) is 1.72. The minimum Gasteiger partial charge on any atom is -0.251 e. The average Bonchev–Trinajstić information content (AvgIpc) is 2.78. The Morgan fingerprint density at radius 2 is 2.06 bits per heavy atom. The molecule has 0 unspecified atom stereocenters. The first kappa shape index (κ1) is 10.2. The standard InChI is InChI=1S/C9H5F2N5/c10-9(11)16-5-6(4-15-16)8-7(3-12)13-1-2-14-8/h1-2,4-5,9H. The summed E-state index contributed by atoms with van der Waals surface area (Å²) in [6, 6.07) is 1.83. The highest BCUT2D eigenvalue weighted by molar-refractivity contribution is 5.62. The molecule has 2 aromatic rings. The van der Waals surface area contributed by atoms with E-state index in [1.165, 1.54) is 18.6 Å². The van der Waals surface area contributed by atoms with Crippen LogP contribution in [0.4, 0.5) is 8.78 Å². The molecule has 16 heavy (non-hydrogen) atoms. The van der Waals surface area contributed by atoms with Gasteiger partial charge in [-0.2, -0.15) is 19.1 Å². The largest absolute Gasteiger partial charge is 0.333 e. The molecule has 80 valence electrons. The fourth-order valence-corrected chi connectivity index (χ4v) is 1.20. The minimum absolute atomic E-state index is 0.0799. The maximum Gasteiger partial charge on any atom is 0.333 e. The maximum atomic E-state index is 12.3. The zero-order valence-corrected chi connectivity index (χ0v) is 7.88. The van der Waals surface area contributed by atoms with Crippen molar-refractivity contribution in [2.45, 2.75) is 6.55 Å². The number of nitrogens with zero attached hydrogens (tertiary/aromatic N) is 5. The molecule has 2 rings (SSSR count). The fraction of sp³-hybridized carbons (Fsp3) is 0.111. The van der Waals surface area contributed by atoms with E-state index in [0.29, 0.717) is 10.2 Å². The van der Waals surface area contributed by atoms with Crippen LogP contribution >= 0.6 is 0 Å². The van der Waals surface area contributed by atoms with E-state index in [2.05, 4.69) is 15.1 Å². The summed E-state index contributed by atoms with van der Waals surface area (Å²) in [5.74, 6) is 0. The van der Waals surface area contributed by atoms with Gasteiger partial charge in [-0.1, -0.05) is 0 Å². The zero-order valence-electron chi connectivity index (χ0n) is 7.88. The molecule has 0 saturated carbocycles. The first-order valence-electron chi connectivity index (χ1n) is 4.26. The van der Waals surface area contributed by atoms with Crippen LogP contribution in [-0.2, 0) is 0 Å². The van der Waals surface area contributed by atoms with Gasteiger partial charge in [0.1, 0.15) is 11.8 Å². The van der Waals surface area contributed by atoms with Crippen molar-refractivity contribution in [3.05, 3.63) is 30.5 Å². The quantitative estimate of drug-likeness (QED) is 0.772. The van der Waals surface area contributed by atoms with Gasteiger partial charge in [-0.15, -0.1) is 0 Å². The molecule has 0 amide bonds. The van der Waals surface area contributed by atoms with Crippen molar-refractivity contribution in [2.75, 3.05) is 0 Å². The molecule has 0 spiro atoms. The van der Waals surface area contributed by atoms with E-state index >= 15 is 0 Å². The Balaban J connectivity index is 2.47. The molecule has 0 N–H and O–H groups in total. The van der Waals surface area contributed by atoms with Crippen molar-refractivity contribution in [3.8, 4) is 17.3 Å². The molecule has 5 nitrogen and oxygen atoms in total. The molecule has 2 aromatic heterocycles. The van der Waals surface area contributed by atoms with Gasteiger partial charge in [0.15, 0.2) is 5.69 Å². The van der Waals surface area contributed by atoms with Crippen LogP contribution in [0.5, 0.6) is 0 Å². The van der Waals surface area contributed by atoms with E-state index in [4.69, 9.17) is 5.26 Å². The molecule has 2 heterocycles. The van der Waals surface area contributed by atoms with E-state index in [1.54, 1.807) is 0 Å². The van der Waals surface area contributed by atoms with Gasteiger partial charge in [0, 0.05) is 24.2 Å². The number of halogens is 2. The second-order valence-electron chi connectivity index (χ2n) is 2.85. The minimum atomic E-state index is -2.71. The Morgan fingerprint density at radius 3 is 2.69 bits per heavy atom. The van der Waals surface area contributed by atoms with Crippen LogP contribution in [0.25, 0.3) is 11.3 Å². The van der Waals surface area contributed by atoms with Gasteiger partial charge in [0.05, 0.1) is 6.20 Å². The topological polar surface area (TPSA) is 67.4 Å². The molecule has 0 bridgehead atoms. The van der Waals surface area contributed by atoms with E-state index in [9.17, 15) is 8.78 Å². The van der Waals surface area contributed by atoms with Crippen molar-refractivity contribution in [1.29, 1.82) is 5.26 Å². The summed E-state index contributed by atoms with van der Waals surface area (Å²) in [6.07, 6.45) is 5.09. The van der Waals surface area contributed by atoms with Crippen molar-refractivity contribution < 1.29 is 8.78 Å². The molecule has 0 atom stereocenters. The number of hydrogen-bond acceptors (Lipinski definition) is 4. The summed E-state index contributed by atoms with van der Waals surface area (Å²) >= 11 is 0. The fourth-order valence-electron chi connectivity index (χ4n) is 1.20. The van der Waals surface area contributed by atoms with Crippen LogP contribution in [0.15, 0.2) is 24.8 Å². The maximum absolute atomic E-state index is 12.3. The summed E-state index contributed by atoms with van der Waals surface area (Å²) in [4.78, 5) is 7.69. The van der Waals surface area contributed by atoms with Crippen LogP contribution in [-0.4, -0.2) is 19.7 Å². The molecule has 0 aromatic carbocycles. The molecule has 0 saturated heterocycles. The molecule has 0 radical (unpaired) electrons. The number of hydrogen-bond donors (Lipinski definition) is 0. The first-order valence-corrected chi connectivity index (χ1v) is 4.26. The molecular formula is C9H5F2N5. The van der Waals surface area contributed by atoms with Crippen LogP contribution in [0.1, 0.15) is 12.2 Å². The van der Waals surface area contributed by atoms with Gasteiger partial charge in [0.2, 0.25) is 0 Å². The molecule has 0 aliphatic heterocycles. The van der Waals surface area contributed by atoms with Crippen LogP contribution < -0.4 is 0 Å². The molecular weight excluding hydrogens is 216 g/mol. The van der Waals surface area contributed by atoms with E-state index in [1.807, 2.05) is 6.07 Å². The van der Waals surface area contributed by atoms with Crippen molar-refractivity contribution >= 4 is 0 Å². The number of alkyl halides is 2. The number of nitriles is 1. The Labute approximate surface area is 89.0 Å². The average molecular weight is 221 g/mol. The van der Waals surface area contributed by atoms with Crippen LogP contribution in [0, 0.1) is 11.3 Å². The number of rotatable bonds is 2. The molecule has 0 fully saturated rings. The van der Waals surface area contributed by atoms with Crippen molar-refractivity contribution in [2.24, 2.45) is 0 Å². The normalized spacial score (nSPS) is 10.4. The summed E-state index contributed by atoms with van der Waals surface area (Å²) in [7, 11) is 0. The summed E-state index contributed by atoms with van der Waals surface area (Å²) in [5, 5.41) is 12.2. The number of aromatic nitrogens is 4. The van der Waals surface area contributed by atoms with Gasteiger partial charge in [-0.25, -0.2) is 9.67 Å². The molecule has 7 heteroatoms. The zero-order chi connectivity index (χ0) is 11.5. The monoisotopic (exact) mass is 221 g/mol. The van der Waals surface area contributed by atoms with Crippen LogP contribution in [0.3, 0.4) is 0 Å². The SMILES string of the molecule is N#Cc1nccnc1-c1cnn(C(F)F)c1. The summed E-state index contributed by atoms with van der Waals surface area (Å²) in [6.45, 7) is -2.71. The Bertz CT molecular complexity index is 543. The van der Waals surface area contributed by atoms with Crippen molar-refractivity contribution in [1.82, 2.24) is 19.7 Å². The summed E-state index contributed by atoms with van der Waals surface area (Å²) in [5.41, 5.74) is 0.665. The van der Waals surface area contributed by atoms with Crippen molar-refractivity contribution in [3.63, 3.8) is 0 Å². The predicted octanol–water partition coefficient (Wildman–Crippen LogP) is 1.61. The Hall–Kier alpha value is -2.36. The Morgan fingerprint density at radius 1 is 1.31 bits per heavy atom. The van der Waals surface area contributed by atoms with Crippen LogP contribution in [0.2, 0.25) is 0 Å². The second kappa shape index (κ2) is 4.02.